The Morgan fingerprint density at radius 1 is 1.00 bits per heavy atom. The second kappa shape index (κ2) is 10.00. The molecular weight excluding hydrogens is 472 g/mol. The number of esters is 1. The lowest BCUT2D eigenvalue weighted by Gasteiger charge is -2.43. The van der Waals surface area contributed by atoms with Gasteiger partial charge in [-0.15, -0.1) is 0 Å². The number of benzene rings is 2. The summed E-state index contributed by atoms with van der Waals surface area (Å²) in [4.78, 5) is 65.7. The second-order valence-corrected chi connectivity index (χ2v) is 9.05. The van der Waals surface area contributed by atoms with Crippen LogP contribution in [0.25, 0.3) is 0 Å². The standard InChI is InChI=1S/C26H25ClN2O6/c1-28(26(14-7-6-12-21(26)30)19-10-4-5-11-20(19)27)22(31)16-35-23(32)13-15-29-24(33)17-8-2-3-9-18(17)25(29)34/h2-5,8-11H,6-7,12-16H2,1H3/t26-/m1/s1. The van der Waals surface area contributed by atoms with E-state index in [1.807, 2.05) is 0 Å². The molecule has 0 radical (unpaired) electrons. The minimum atomic E-state index is -1.22. The van der Waals surface area contributed by atoms with Gasteiger partial charge in [0.15, 0.2) is 12.4 Å². The highest BCUT2D eigenvalue weighted by atomic mass is 35.5. The molecule has 1 aliphatic heterocycles. The lowest BCUT2D eigenvalue weighted by molar-refractivity contribution is -0.157. The Kier molecular flexibility index (Phi) is 7.03. The van der Waals surface area contributed by atoms with Crippen molar-refractivity contribution in [2.75, 3.05) is 20.2 Å². The zero-order valence-corrected chi connectivity index (χ0v) is 20.0. The fourth-order valence-electron chi connectivity index (χ4n) is 4.80. The maximum atomic E-state index is 13.1. The number of rotatable bonds is 7. The number of ketones is 1. The number of hydrogen-bond acceptors (Lipinski definition) is 6. The molecule has 2 aliphatic rings. The first-order valence-electron chi connectivity index (χ1n) is 11.4. The van der Waals surface area contributed by atoms with Crippen LogP contribution in [0, 0.1) is 0 Å². The molecule has 8 nitrogen and oxygen atoms in total. The average Bonchev–Trinajstić information content (AvgIpc) is 3.11. The Morgan fingerprint density at radius 3 is 2.26 bits per heavy atom. The molecule has 1 aliphatic carbocycles. The average molecular weight is 497 g/mol. The minimum Gasteiger partial charge on any atom is -0.456 e. The maximum Gasteiger partial charge on any atom is 0.308 e. The first-order chi connectivity index (χ1) is 16.8. The second-order valence-electron chi connectivity index (χ2n) is 8.64. The third-order valence-corrected chi connectivity index (χ3v) is 7.02. The van der Waals surface area contributed by atoms with Crippen LogP contribution in [0.4, 0.5) is 0 Å². The molecule has 2 aromatic rings. The summed E-state index contributed by atoms with van der Waals surface area (Å²) in [6, 6.07) is 13.4. The number of amides is 3. The van der Waals surface area contributed by atoms with E-state index in [1.165, 1.54) is 11.9 Å². The van der Waals surface area contributed by atoms with Crippen molar-refractivity contribution in [3.8, 4) is 0 Å². The first kappa shape index (κ1) is 24.6. The van der Waals surface area contributed by atoms with Crippen LogP contribution < -0.4 is 0 Å². The van der Waals surface area contributed by atoms with E-state index in [-0.39, 0.29) is 18.7 Å². The predicted molar refractivity (Wildman–Crippen MR) is 127 cm³/mol. The van der Waals surface area contributed by atoms with Crippen LogP contribution in [0.15, 0.2) is 48.5 Å². The Hall–Kier alpha value is -3.52. The summed E-state index contributed by atoms with van der Waals surface area (Å²) >= 11 is 6.41. The number of carbonyl (C=O) groups is 5. The Morgan fingerprint density at radius 2 is 1.63 bits per heavy atom. The fraction of sp³-hybridized carbons (Fsp3) is 0.346. The van der Waals surface area contributed by atoms with Crippen molar-refractivity contribution in [1.82, 2.24) is 9.80 Å². The number of Topliss-reactive ketones (excluding diaryl/α,β-unsaturated/α-hetero) is 1. The Labute approximate surface area is 207 Å². The normalized spacial score (nSPS) is 19.5. The summed E-state index contributed by atoms with van der Waals surface area (Å²) < 4.78 is 5.15. The molecule has 182 valence electrons. The van der Waals surface area contributed by atoms with Gasteiger partial charge in [0.05, 0.1) is 17.5 Å². The van der Waals surface area contributed by atoms with Crippen LogP contribution in [0.3, 0.4) is 0 Å². The molecule has 0 bridgehead atoms. The van der Waals surface area contributed by atoms with Gasteiger partial charge in [0.1, 0.15) is 5.54 Å². The molecule has 0 saturated heterocycles. The van der Waals surface area contributed by atoms with Crippen molar-refractivity contribution in [3.05, 3.63) is 70.2 Å². The van der Waals surface area contributed by atoms with E-state index in [4.69, 9.17) is 16.3 Å². The van der Waals surface area contributed by atoms with Crippen LogP contribution in [0.2, 0.25) is 5.02 Å². The van der Waals surface area contributed by atoms with E-state index in [9.17, 15) is 24.0 Å². The zero-order chi connectivity index (χ0) is 25.2. The molecule has 9 heteroatoms. The smallest absolute Gasteiger partial charge is 0.308 e. The lowest BCUT2D eigenvalue weighted by atomic mass is 9.74. The summed E-state index contributed by atoms with van der Waals surface area (Å²) in [6.45, 7) is -0.728. The molecule has 1 atom stereocenters. The summed E-state index contributed by atoms with van der Waals surface area (Å²) in [5.74, 6) is -2.32. The first-order valence-corrected chi connectivity index (χ1v) is 11.8. The van der Waals surface area contributed by atoms with Crippen molar-refractivity contribution in [2.24, 2.45) is 0 Å². The molecule has 1 fully saturated rings. The Bertz CT molecular complexity index is 1180. The van der Waals surface area contributed by atoms with Gasteiger partial charge in [-0.1, -0.05) is 41.9 Å². The van der Waals surface area contributed by atoms with Crippen molar-refractivity contribution >= 4 is 41.1 Å². The molecule has 1 saturated carbocycles. The van der Waals surface area contributed by atoms with Gasteiger partial charge in [0, 0.05) is 30.6 Å². The van der Waals surface area contributed by atoms with E-state index in [0.29, 0.717) is 34.6 Å². The van der Waals surface area contributed by atoms with Crippen LogP contribution in [0.5, 0.6) is 0 Å². The highest BCUT2D eigenvalue weighted by Crippen LogP contribution is 2.42. The highest BCUT2D eigenvalue weighted by molar-refractivity contribution is 6.31. The third kappa shape index (κ3) is 4.46. The fourth-order valence-corrected chi connectivity index (χ4v) is 5.09. The van der Waals surface area contributed by atoms with E-state index in [2.05, 4.69) is 0 Å². The van der Waals surface area contributed by atoms with Crippen LogP contribution in [-0.2, 0) is 24.7 Å². The molecule has 0 aromatic heterocycles. The van der Waals surface area contributed by atoms with Crippen LogP contribution in [-0.4, -0.2) is 59.5 Å². The van der Waals surface area contributed by atoms with Gasteiger partial charge >= 0.3 is 5.97 Å². The molecule has 3 amide bonds. The summed E-state index contributed by atoms with van der Waals surface area (Å²) in [6.07, 6.45) is 1.97. The Balaban J connectivity index is 1.39. The minimum absolute atomic E-state index is 0.107. The van der Waals surface area contributed by atoms with Crippen molar-refractivity contribution in [1.29, 1.82) is 0 Å². The van der Waals surface area contributed by atoms with Crippen molar-refractivity contribution < 1.29 is 28.7 Å². The monoisotopic (exact) mass is 496 g/mol. The summed E-state index contributed by atoms with van der Waals surface area (Å²) in [5, 5.41) is 0.389. The number of carbonyl (C=O) groups excluding carboxylic acids is 5. The quantitative estimate of drug-likeness (QED) is 0.430. The number of likely N-dealkylation sites (N-methyl/N-ethyl adjacent to an activating group) is 1. The van der Waals surface area contributed by atoms with Gasteiger partial charge in [-0.05, 0) is 37.5 Å². The van der Waals surface area contributed by atoms with E-state index in [0.717, 1.165) is 17.7 Å². The van der Waals surface area contributed by atoms with E-state index < -0.39 is 35.8 Å². The van der Waals surface area contributed by atoms with Crippen molar-refractivity contribution in [2.45, 2.75) is 37.6 Å². The van der Waals surface area contributed by atoms with Gasteiger partial charge in [0.25, 0.3) is 17.7 Å². The zero-order valence-electron chi connectivity index (χ0n) is 19.3. The number of halogens is 1. The van der Waals surface area contributed by atoms with Gasteiger partial charge in [-0.3, -0.25) is 28.9 Å². The molecule has 4 rings (SSSR count). The number of hydrogen-bond donors (Lipinski definition) is 0. The topological polar surface area (TPSA) is 101 Å². The lowest BCUT2D eigenvalue weighted by Crippen LogP contribution is -2.55. The molecule has 0 unspecified atom stereocenters. The number of nitrogens with zero attached hydrogens (tertiary/aromatic N) is 2. The molecule has 0 N–H and O–H groups in total. The SMILES string of the molecule is CN(C(=O)COC(=O)CCN1C(=O)c2ccccc2C1=O)[C@@]1(c2ccccc2Cl)CCCCC1=O. The van der Waals surface area contributed by atoms with Crippen LogP contribution >= 0.6 is 11.6 Å². The van der Waals surface area contributed by atoms with E-state index >= 15 is 0 Å². The van der Waals surface area contributed by atoms with Gasteiger partial charge in [-0.25, -0.2) is 0 Å². The number of fused-ring (bicyclic) bond motifs is 1. The van der Waals surface area contributed by atoms with Crippen molar-refractivity contribution in [3.63, 3.8) is 0 Å². The molecular formula is C26H25ClN2O6. The summed E-state index contributed by atoms with van der Waals surface area (Å²) in [5.41, 5.74) is -0.0752. The largest absolute Gasteiger partial charge is 0.456 e. The van der Waals surface area contributed by atoms with Gasteiger partial charge in [-0.2, -0.15) is 0 Å². The maximum absolute atomic E-state index is 13.1. The van der Waals surface area contributed by atoms with Crippen LogP contribution in [0.1, 0.15) is 58.4 Å². The third-order valence-electron chi connectivity index (χ3n) is 6.69. The molecule has 0 spiro atoms. The van der Waals surface area contributed by atoms with Gasteiger partial charge in [0.2, 0.25) is 0 Å². The molecule has 1 heterocycles. The number of imide groups is 1. The molecule has 35 heavy (non-hydrogen) atoms. The predicted octanol–water partition coefficient (Wildman–Crippen LogP) is 3.37. The highest BCUT2D eigenvalue weighted by Gasteiger charge is 2.48. The summed E-state index contributed by atoms with van der Waals surface area (Å²) in [7, 11) is 1.52. The number of ether oxygens (including phenoxy) is 1. The van der Waals surface area contributed by atoms with Gasteiger partial charge < -0.3 is 9.64 Å². The molecule has 2 aromatic carbocycles. The van der Waals surface area contributed by atoms with E-state index in [1.54, 1.807) is 48.5 Å².